The lowest BCUT2D eigenvalue weighted by Gasteiger charge is -2.44. The minimum Gasteiger partial charge on any atom is -0.309 e. The Bertz CT molecular complexity index is 417. The van der Waals surface area contributed by atoms with Gasteiger partial charge in [-0.1, -0.05) is 41.4 Å². The lowest BCUT2D eigenvalue weighted by Crippen LogP contribution is -2.61. The maximum Gasteiger partial charge on any atom is 0.0253 e. The van der Waals surface area contributed by atoms with E-state index in [2.05, 4.69) is 71.2 Å². The van der Waals surface area contributed by atoms with Crippen molar-refractivity contribution < 1.29 is 0 Å². The highest BCUT2D eigenvalue weighted by Gasteiger charge is 2.31. The Morgan fingerprint density at radius 2 is 2.21 bits per heavy atom. The first-order chi connectivity index (χ1) is 9.00. The number of rotatable bonds is 4. The van der Waals surface area contributed by atoms with E-state index < -0.39 is 0 Å². The third-order valence-electron chi connectivity index (χ3n) is 3.83. The van der Waals surface area contributed by atoms with Crippen molar-refractivity contribution in [1.29, 1.82) is 0 Å². The van der Waals surface area contributed by atoms with Crippen molar-refractivity contribution in [1.82, 2.24) is 10.2 Å². The number of hydrogen-bond donors (Lipinski definition) is 1. The standard InChI is InChI=1S/C16H25BrN2/c1-4-6-15-10-18-16(2,3)12-19(15)11-13-7-5-8-14(17)9-13/h5,7-9,15,18H,4,6,10-12H2,1-3H3. The number of nitrogens with one attached hydrogen (secondary N) is 1. The highest BCUT2D eigenvalue weighted by molar-refractivity contribution is 9.10. The van der Waals surface area contributed by atoms with Crippen molar-refractivity contribution in [3.63, 3.8) is 0 Å². The molecule has 19 heavy (non-hydrogen) atoms. The van der Waals surface area contributed by atoms with Gasteiger partial charge in [0.05, 0.1) is 0 Å². The normalized spacial score (nSPS) is 23.5. The van der Waals surface area contributed by atoms with Gasteiger partial charge in [0, 0.05) is 35.7 Å². The van der Waals surface area contributed by atoms with Gasteiger partial charge in [0.2, 0.25) is 0 Å². The number of nitrogens with zero attached hydrogens (tertiary/aromatic N) is 1. The molecule has 106 valence electrons. The maximum atomic E-state index is 3.67. The van der Waals surface area contributed by atoms with Crippen LogP contribution in [0, 0.1) is 0 Å². The zero-order valence-corrected chi connectivity index (χ0v) is 13.8. The van der Waals surface area contributed by atoms with Gasteiger partial charge in [0.1, 0.15) is 0 Å². The van der Waals surface area contributed by atoms with Gasteiger partial charge < -0.3 is 5.32 Å². The third-order valence-corrected chi connectivity index (χ3v) is 4.32. The second-order valence-corrected chi connectivity index (χ2v) is 7.16. The molecule has 2 rings (SSSR count). The fourth-order valence-corrected chi connectivity index (χ4v) is 3.34. The van der Waals surface area contributed by atoms with Crippen LogP contribution in [0.25, 0.3) is 0 Å². The van der Waals surface area contributed by atoms with E-state index in [-0.39, 0.29) is 5.54 Å². The Labute approximate surface area is 125 Å². The van der Waals surface area contributed by atoms with Gasteiger partial charge in [-0.05, 0) is 38.0 Å². The Hall–Kier alpha value is -0.380. The summed E-state index contributed by atoms with van der Waals surface area (Å²) in [6, 6.07) is 9.34. The van der Waals surface area contributed by atoms with Crippen molar-refractivity contribution in [2.45, 2.75) is 51.7 Å². The molecule has 0 bridgehead atoms. The molecule has 3 heteroatoms. The van der Waals surface area contributed by atoms with Gasteiger partial charge >= 0.3 is 0 Å². The molecule has 0 amide bonds. The van der Waals surface area contributed by atoms with Crippen LogP contribution < -0.4 is 5.32 Å². The molecule has 0 spiro atoms. The number of piperazine rings is 1. The topological polar surface area (TPSA) is 15.3 Å². The fraction of sp³-hybridized carbons (Fsp3) is 0.625. The lowest BCUT2D eigenvalue weighted by molar-refractivity contribution is 0.0826. The molecule has 1 heterocycles. The first-order valence-electron chi connectivity index (χ1n) is 7.24. The summed E-state index contributed by atoms with van der Waals surface area (Å²) in [4.78, 5) is 2.64. The number of hydrogen-bond acceptors (Lipinski definition) is 2. The van der Waals surface area contributed by atoms with E-state index in [1.165, 1.54) is 22.9 Å². The van der Waals surface area contributed by atoms with Crippen LogP contribution >= 0.6 is 15.9 Å². The van der Waals surface area contributed by atoms with Gasteiger partial charge in [-0.2, -0.15) is 0 Å². The van der Waals surface area contributed by atoms with Crippen LogP contribution in [0.3, 0.4) is 0 Å². The molecule has 0 aliphatic carbocycles. The predicted octanol–water partition coefficient (Wildman–Crippen LogP) is 3.80. The minimum atomic E-state index is 0.219. The fourth-order valence-electron chi connectivity index (χ4n) is 2.89. The van der Waals surface area contributed by atoms with Crippen LogP contribution in [0.2, 0.25) is 0 Å². The van der Waals surface area contributed by atoms with Crippen molar-refractivity contribution in [2.24, 2.45) is 0 Å². The summed E-state index contributed by atoms with van der Waals surface area (Å²) in [6.07, 6.45) is 2.53. The molecule has 1 N–H and O–H groups in total. The Morgan fingerprint density at radius 1 is 1.42 bits per heavy atom. The van der Waals surface area contributed by atoms with Gasteiger partial charge in [-0.25, -0.2) is 0 Å². The molecule has 1 aliphatic heterocycles. The van der Waals surface area contributed by atoms with Crippen molar-refractivity contribution in [3.05, 3.63) is 34.3 Å². The average Bonchev–Trinajstić information content (AvgIpc) is 2.32. The highest BCUT2D eigenvalue weighted by atomic mass is 79.9. The summed E-state index contributed by atoms with van der Waals surface area (Å²) in [5.74, 6) is 0. The first kappa shape index (κ1) is 15.0. The summed E-state index contributed by atoms with van der Waals surface area (Å²) in [5.41, 5.74) is 1.61. The monoisotopic (exact) mass is 324 g/mol. The van der Waals surface area contributed by atoms with E-state index in [0.29, 0.717) is 6.04 Å². The largest absolute Gasteiger partial charge is 0.309 e. The van der Waals surface area contributed by atoms with E-state index in [9.17, 15) is 0 Å². The Kier molecular flexibility index (Phi) is 5.04. The SMILES string of the molecule is CCCC1CNC(C)(C)CN1Cc1cccc(Br)c1. The van der Waals surface area contributed by atoms with Crippen LogP contribution in [-0.2, 0) is 6.54 Å². The molecule has 1 aromatic carbocycles. The van der Waals surface area contributed by atoms with E-state index in [4.69, 9.17) is 0 Å². The second-order valence-electron chi connectivity index (χ2n) is 6.24. The summed E-state index contributed by atoms with van der Waals surface area (Å²) in [5, 5.41) is 3.67. The smallest absolute Gasteiger partial charge is 0.0253 e. The predicted molar refractivity (Wildman–Crippen MR) is 85.3 cm³/mol. The quantitative estimate of drug-likeness (QED) is 0.906. The van der Waals surface area contributed by atoms with E-state index in [1.807, 2.05) is 0 Å². The molecule has 1 saturated heterocycles. The van der Waals surface area contributed by atoms with Gasteiger partial charge in [0.25, 0.3) is 0 Å². The van der Waals surface area contributed by atoms with Crippen molar-refractivity contribution >= 4 is 15.9 Å². The molecule has 0 radical (unpaired) electrons. The third kappa shape index (κ3) is 4.30. The molecular weight excluding hydrogens is 300 g/mol. The van der Waals surface area contributed by atoms with Crippen LogP contribution in [-0.4, -0.2) is 29.6 Å². The number of halogens is 1. The van der Waals surface area contributed by atoms with Gasteiger partial charge in [-0.3, -0.25) is 4.90 Å². The lowest BCUT2D eigenvalue weighted by atomic mass is 9.96. The molecule has 1 unspecified atom stereocenters. The van der Waals surface area contributed by atoms with E-state index >= 15 is 0 Å². The Balaban J connectivity index is 2.09. The molecule has 1 atom stereocenters. The van der Waals surface area contributed by atoms with Gasteiger partial charge in [0.15, 0.2) is 0 Å². The molecule has 0 saturated carbocycles. The molecule has 1 aliphatic rings. The highest BCUT2D eigenvalue weighted by Crippen LogP contribution is 2.22. The molecule has 1 aromatic rings. The molecular formula is C16H25BrN2. The number of benzene rings is 1. The Morgan fingerprint density at radius 3 is 2.89 bits per heavy atom. The van der Waals surface area contributed by atoms with Crippen LogP contribution in [0.5, 0.6) is 0 Å². The zero-order valence-electron chi connectivity index (χ0n) is 12.2. The van der Waals surface area contributed by atoms with Crippen LogP contribution in [0.15, 0.2) is 28.7 Å². The minimum absolute atomic E-state index is 0.219. The maximum absolute atomic E-state index is 3.67. The average molecular weight is 325 g/mol. The molecule has 1 fully saturated rings. The van der Waals surface area contributed by atoms with E-state index in [0.717, 1.165) is 19.6 Å². The van der Waals surface area contributed by atoms with Crippen molar-refractivity contribution in [2.75, 3.05) is 13.1 Å². The second kappa shape index (κ2) is 6.38. The summed E-state index contributed by atoms with van der Waals surface area (Å²) >= 11 is 3.56. The van der Waals surface area contributed by atoms with E-state index in [1.54, 1.807) is 0 Å². The zero-order chi connectivity index (χ0) is 13.9. The first-order valence-corrected chi connectivity index (χ1v) is 8.03. The van der Waals surface area contributed by atoms with Crippen LogP contribution in [0.4, 0.5) is 0 Å². The van der Waals surface area contributed by atoms with Gasteiger partial charge in [-0.15, -0.1) is 0 Å². The molecule has 0 aromatic heterocycles. The van der Waals surface area contributed by atoms with Crippen LogP contribution in [0.1, 0.15) is 39.2 Å². The molecule has 2 nitrogen and oxygen atoms in total. The van der Waals surface area contributed by atoms with Crippen molar-refractivity contribution in [3.8, 4) is 0 Å². The summed E-state index contributed by atoms with van der Waals surface area (Å²) in [6.45, 7) is 10.1. The summed E-state index contributed by atoms with van der Waals surface area (Å²) in [7, 11) is 0. The summed E-state index contributed by atoms with van der Waals surface area (Å²) < 4.78 is 1.17.